The van der Waals surface area contributed by atoms with Gasteiger partial charge in [0.05, 0.1) is 0 Å². The van der Waals surface area contributed by atoms with Gasteiger partial charge in [-0.1, -0.05) is 17.7 Å². The van der Waals surface area contributed by atoms with Crippen molar-refractivity contribution in [3.8, 4) is 11.6 Å². The van der Waals surface area contributed by atoms with E-state index in [1.807, 2.05) is 42.5 Å². The molecule has 0 radical (unpaired) electrons. The molecule has 158 valence electrons. The van der Waals surface area contributed by atoms with Crippen LogP contribution in [-0.2, 0) is 6.54 Å². The number of benzene rings is 1. The fourth-order valence-electron chi connectivity index (χ4n) is 4.05. The zero-order valence-corrected chi connectivity index (χ0v) is 17.6. The van der Waals surface area contributed by atoms with Crippen molar-refractivity contribution in [2.75, 3.05) is 0 Å². The maximum atomic E-state index is 6.12. The van der Waals surface area contributed by atoms with E-state index in [4.69, 9.17) is 16.3 Å². The summed E-state index contributed by atoms with van der Waals surface area (Å²) in [6, 6.07) is 13.5. The van der Waals surface area contributed by atoms with Gasteiger partial charge in [-0.2, -0.15) is 5.10 Å². The van der Waals surface area contributed by atoms with Crippen LogP contribution in [0.25, 0.3) is 5.69 Å². The Kier molecular flexibility index (Phi) is 5.62. The third kappa shape index (κ3) is 4.44. The van der Waals surface area contributed by atoms with Crippen molar-refractivity contribution in [1.29, 1.82) is 0 Å². The van der Waals surface area contributed by atoms with E-state index in [0.29, 0.717) is 23.4 Å². The van der Waals surface area contributed by atoms with Crippen LogP contribution in [0.4, 0.5) is 0 Å². The molecule has 3 aromatic heterocycles. The maximum Gasteiger partial charge on any atom is 0.213 e. The molecule has 9 heteroatoms. The molecule has 1 fully saturated rings. The highest BCUT2D eigenvalue weighted by Crippen LogP contribution is 2.35. The summed E-state index contributed by atoms with van der Waals surface area (Å²) in [6.45, 7) is 0.494. The molecule has 0 atom stereocenters. The predicted molar refractivity (Wildman–Crippen MR) is 115 cm³/mol. The van der Waals surface area contributed by atoms with Gasteiger partial charge in [-0.25, -0.2) is 14.6 Å². The second kappa shape index (κ2) is 8.85. The summed E-state index contributed by atoms with van der Waals surface area (Å²) in [5, 5.41) is 14.0. The van der Waals surface area contributed by atoms with E-state index in [2.05, 4.69) is 29.8 Å². The molecular formula is C22H22ClN7O. The molecule has 3 heterocycles. The van der Waals surface area contributed by atoms with E-state index < -0.39 is 0 Å². The number of aromatic nitrogens is 7. The fourth-order valence-corrected chi connectivity index (χ4v) is 4.18. The van der Waals surface area contributed by atoms with Gasteiger partial charge in [0.2, 0.25) is 5.88 Å². The molecule has 0 spiro atoms. The number of hydrogen-bond acceptors (Lipinski definition) is 6. The van der Waals surface area contributed by atoms with Crippen LogP contribution >= 0.6 is 11.6 Å². The first-order valence-corrected chi connectivity index (χ1v) is 10.7. The Balaban J connectivity index is 1.37. The van der Waals surface area contributed by atoms with Crippen LogP contribution in [0.3, 0.4) is 0 Å². The third-order valence-corrected chi connectivity index (χ3v) is 5.83. The Hall–Kier alpha value is -3.26. The molecule has 5 rings (SSSR count). The molecule has 0 amide bonds. The van der Waals surface area contributed by atoms with Crippen molar-refractivity contribution in [3.63, 3.8) is 0 Å². The first-order chi connectivity index (χ1) is 15.3. The molecule has 0 aliphatic heterocycles. The minimum atomic E-state index is 0.174. The Bertz CT molecular complexity index is 1100. The van der Waals surface area contributed by atoms with Gasteiger partial charge < -0.3 is 4.74 Å². The van der Waals surface area contributed by atoms with Crippen molar-refractivity contribution in [2.45, 2.75) is 44.2 Å². The summed E-state index contributed by atoms with van der Waals surface area (Å²) in [5.74, 6) is 2.77. The standard InChI is InChI=1S/C22H22ClN7O/c23-17-6-8-18(9-7-17)30-20(13-29-15-24-14-26-29)27-28-22(30)16-4-10-19(11-5-16)31-21-3-1-2-12-25-21/h1-3,6-9,12,14-16,19H,4-5,10-11,13H2/t16-,19-. The van der Waals surface area contributed by atoms with E-state index in [0.717, 1.165) is 43.0 Å². The molecule has 1 aliphatic rings. The van der Waals surface area contributed by atoms with Crippen molar-refractivity contribution >= 4 is 11.6 Å². The van der Waals surface area contributed by atoms with E-state index >= 15 is 0 Å². The molecule has 0 bridgehead atoms. The molecule has 31 heavy (non-hydrogen) atoms. The average Bonchev–Trinajstić information content (AvgIpc) is 3.46. The summed E-state index contributed by atoms with van der Waals surface area (Å²) in [5.41, 5.74) is 0.992. The van der Waals surface area contributed by atoms with E-state index in [9.17, 15) is 0 Å². The van der Waals surface area contributed by atoms with Gasteiger partial charge >= 0.3 is 0 Å². The minimum Gasteiger partial charge on any atom is -0.474 e. The molecule has 8 nitrogen and oxygen atoms in total. The number of hydrogen-bond donors (Lipinski definition) is 0. The second-order valence-electron chi connectivity index (χ2n) is 7.64. The Morgan fingerprint density at radius 3 is 2.55 bits per heavy atom. The number of pyridine rings is 1. The molecule has 1 aliphatic carbocycles. The van der Waals surface area contributed by atoms with E-state index in [1.54, 1.807) is 17.2 Å². The Labute approximate surface area is 184 Å². The van der Waals surface area contributed by atoms with Crippen LogP contribution in [0.5, 0.6) is 5.88 Å². The maximum absolute atomic E-state index is 6.12. The second-order valence-corrected chi connectivity index (χ2v) is 8.08. The van der Waals surface area contributed by atoms with Crippen LogP contribution in [-0.4, -0.2) is 40.6 Å². The quantitative estimate of drug-likeness (QED) is 0.454. The van der Waals surface area contributed by atoms with Crippen LogP contribution in [0, 0.1) is 0 Å². The predicted octanol–water partition coefficient (Wildman–Crippen LogP) is 4.06. The number of halogens is 1. The van der Waals surface area contributed by atoms with Crippen molar-refractivity contribution < 1.29 is 4.74 Å². The van der Waals surface area contributed by atoms with Crippen LogP contribution in [0.15, 0.2) is 61.3 Å². The van der Waals surface area contributed by atoms with Gasteiger partial charge in [-0.05, 0) is 56.0 Å². The molecule has 1 saturated carbocycles. The zero-order chi connectivity index (χ0) is 21.0. The highest BCUT2D eigenvalue weighted by atomic mass is 35.5. The first kappa shape index (κ1) is 19.7. The molecule has 0 saturated heterocycles. The van der Waals surface area contributed by atoms with Gasteiger partial charge in [0.1, 0.15) is 31.1 Å². The highest BCUT2D eigenvalue weighted by Gasteiger charge is 2.29. The molecule has 0 unspecified atom stereocenters. The zero-order valence-electron chi connectivity index (χ0n) is 16.9. The number of rotatable bonds is 6. The molecule has 1 aromatic carbocycles. The molecule has 4 aromatic rings. The lowest BCUT2D eigenvalue weighted by atomic mass is 9.86. The van der Waals surface area contributed by atoms with E-state index in [-0.39, 0.29) is 6.10 Å². The highest BCUT2D eigenvalue weighted by molar-refractivity contribution is 6.30. The topological polar surface area (TPSA) is 83.5 Å². The summed E-state index contributed by atoms with van der Waals surface area (Å²) in [6.07, 6.45) is 8.99. The normalized spacial score (nSPS) is 18.7. The smallest absolute Gasteiger partial charge is 0.213 e. The van der Waals surface area contributed by atoms with Gasteiger partial charge in [0, 0.05) is 28.9 Å². The van der Waals surface area contributed by atoms with Crippen molar-refractivity contribution in [2.24, 2.45) is 0 Å². The average molecular weight is 436 g/mol. The molecular weight excluding hydrogens is 414 g/mol. The lowest BCUT2D eigenvalue weighted by molar-refractivity contribution is 0.139. The monoisotopic (exact) mass is 435 g/mol. The fraction of sp³-hybridized carbons (Fsp3) is 0.318. The Morgan fingerprint density at radius 1 is 1.00 bits per heavy atom. The third-order valence-electron chi connectivity index (χ3n) is 5.57. The van der Waals surface area contributed by atoms with Gasteiger partial charge in [0.25, 0.3) is 0 Å². The minimum absolute atomic E-state index is 0.174. The van der Waals surface area contributed by atoms with Crippen LogP contribution in [0.1, 0.15) is 43.3 Å². The van der Waals surface area contributed by atoms with E-state index in [1.165, 1.54) is 6.33 Å². The molecule has 0 N–H and O–H groups in total. The largest absolute Gasteiger partial charge is 0.474 e. The summed E-state index contributed by atoms with van der Waals surface area (Å²) in [7, 11) is 0. The van der Waals surface area contributed by atoms with Gasteiger partial charge in [-0.15, -0.1) is 10.2 Å². The van der Waals surface area contributed by atoms with Crippen molar-refractivity contribution in [3.05, 3.63) is 78.0 Å². The van der Waals surface area contributed by atoms with Crippen LogP contribution in [0.2, 0.25) is 5.02 Å². The summed E-state index contributed by atoms with van der Waals surface area (Å²) < 4.78 is 9.93. The Morgan fingerprint density at radius 2 is 1.84 bits per heavy atom. The first-order valence-electron chi connectivity index (χ1n) is 10.4. The summed E-state index contributed by atoms with van der Waals surface area (Å²) in [4.78, 5) is 8.31. The lowest BCUT2D eigenvalue weighted by Crippen LogP contribution is -2.25. The number of ether oxygens (including phenoxy) is 1. The van der Waals surface area contributed by atoms with Crippen LogP contribution < -0.4 is 4.74 Å². The summed E-state index contributed by atoms with van der Waals surface area (Å²) >= 11 is 6.12. The number of nitrogens with zero attached hydrogens (tertiary/aromatic N) is 7. The SMILES string of the molecule is Clc1ccc(-n2c(Cn3cncn3)nnc2[C@H]2CC[C@H](Oc3ccccn3)CC2)cc1. The van der Waals surface area contributed by atoms with Gasteiger partial charge in [-0.3, -0.25) is 4.57 Å². The lowest BCUT2D eigenvalue weighted by Gasteiger charge is -2.28. The van der Waals surface area contributed by atoms with Gasteiger partial charge in [0.15, 0.2) is 5.82 Å². The van der Waals surface area contributed by atoms with Crippen molar-refractivity contribution in [1.82, 2.24) is 34.5 Å².